The second kappa shape index (κ2) is 5.48. The highest BCUT2D eigenvalue weighted by atomic mass is 19.1. The molecule has 20 heavy (non-hydrogen) atoms. The highest BCUT2D eigenvalue weighted by molar-refractivity contribution is 5.92. The predicted octanol–water partition coefficient (Wildman–Crippen LogP) is 2.78. The van der Waals surface area contributed by atoms with Crippen LogP contribution in [0, 0.1) is 17.6 Å². The Morgan fingerprint density at radius 3 is 2.45 bits per heavy atom. The summed E-state index contributed by atoms with van der Waals surface area (Å²) in [5.41, 5.74) is 0.0565. The van der Waals surface area contributed by atoms with Crippen molar-refractivity contribution in [3.63, 3.8) is 0 Å². The van der Waals surface area contributed by atoms with E-state index in [0.717, 1.165) is 44.1 Å². The summed E-state index contributed by atoms with van der Waals surface area (Å²) in [5, 5.41) is 2.57. The molecule has 1 saturated carbocycles. The van der Waals surface area contributed by atoms with Gasteiger partial charge in [0.15, 0.2) is 0 Å². The number of anilines is 1. The number of carbonyl (C=O) groups is 1. The molecule has 1 aromatic rings. The molecule has 1 heterocycles. The Balaban J connectivity index is 1.56. The summed E-state index contributed by atoms with van der Waals surface area (Å²) in [6.45, 7) is 1.88. The molecule has 0 bridgehead atoms. The third kappa shape index (κ3) is 2.98. The Bertz CT molecular complexity index is 509. The van der Waals surface area contributed by atoms with Gasteiger partial charge < -0.3 is 10.2 Å². The largest absolute Gasteiger partial charge is 0.323 e. The first kappa shape index (κ1) is 13.5. The maximum atomic E-state index is 13.5. The number of piperidine rings is 1. The van der Waals surface area contributed by atoms with E-state index in [4.69, 9.17) is 0 Å². The highest BCUT2D eigenvalue weighted by Gasteiger charge is 2.33. The molecule has 1 aliphatic heterocycles. The number of benzene rings is 1. The van der Waals surface area contributed by atoms with Gasteiger partial charge in [-0.05, 0) is 50.9 Å². The summed E-state index contributed by atoms with van der Waals surface area (Å²) in [5.74, 6) is -1.60. The average molecular weight is 280 g/mol. The average Bonchev–Trinajstić information content (AvgIpc) is 3.26. The van der Waals surface area contributed by atoms with E-state index in [2.05, 4.69) is 10.2 Å². The first-order valence-corrected chi connectivity index (χ1v) is 7.13. The first-order valence-electron chi connectivity index (χ1n) is 7.13. The summed E-state index contributed by atoms with van der Waals surface area (Å²) >= 11 is 0. The molecule has 5 heteroatoms. The lowest BCUT2D eigenvalue weighted by Gasteiger charge is -2.31. The van der Waals surface area contributed by atoms with Crippen LogP contribution in [0.2, 0.25) is 0 Å². The Kier molecular flexibility index (Phi) is 3.70. The topological polar surface area (TPSA) is 32.3 Å². The number of hydrogen-bond donors (Lipinski definition) is 1. The molecule has 1 N–H and O–H groups in total. The second-order valence-electron chi connectivity index (χ2n) is 5.65. The second-order valence-corrected chi connectivity index (χ2v) is 5.65. The zero-order chi connectivity index (χ0) is 14.1. The maximum absolute atomic E-state index is 13.5. The molecule has 1 aromatic carbocycles. The maximum Gasteiger partial charge on any atom is 0.227 e. The van der Waals surface area contributed by atoms with E-state index in [-0.39, 0.29) is 17.5 Å². The molecule has 3 rings (SSSR count). The normalized spacial score (nSPS) is 20.9. The van der Waals surface area contributed by atoms with Crippen LogP contribution in [0.25, 0.3) is 0 Å². The van der Waals surface area contributed by atoms with Crippen molar-refractivity contribution in [2.75, 3.05) is 18.4 Å². The molecule has 0 atom stereocenters. The van der Waals surface area contributed by atoms with Gasteiger partial charge in [-0.15, -0.1) is 0 Å². The van der Waals surface area contributed by atoms with Crippen LogP contribution in [0.1, 0.15) is 25.7 Å². The summed E-state index contributed by atoms with van der Waals surface area (Å²) < 4.78 is 26.3. The number of nitrogens with zero attached hydrogens (tertiary/aromatic N) is 1. The summed E-state index contributed by atoms with van der Waals surface area (Å²) in [6, 6.07) is 3.93. The quantitative estimate of drug-likeness (QED) is 0.923. The number of rotatable bonds is 3. The first-order chi connectivity index (χ1) is 9.63. The van der Waals surface area contributed by atoms with Gasteiger partial charge in [0.25, 0.3) is 0 Å². The van der Waals surface area contributed by atoms with Crippen molar-refractivity contribution in [2.24, 2.45) is 5.92 Å². The van der Waals surface area contributed by atoms with E-state index in [9.17, 15) is 13.6 Å². The molecule has 0 aromatic heterocycles. The highest BCUT2D eigenvalue weighted by Crippen LogP contribution is 2.31. The fourth-order valence-electron chi connectivity index (χ4n) is 2.79. The van der Waals surface area contributed by atoms with E-state index in [1.165, 1.54) is 18.9 Å². The molecule has 2 fully saturated rings. The van der Waals surface area contributed by atoms with Crippen LogP contribution < -0.4 is 5.32 Å². The molecule has 2 aliphatic rings. The van der Waals surface area contributed by atoms with Crippen molar-refractivity contribution >= 4 is 11.6 Å². The standard InChI is InChI=1S/C15H18F2N2O/c16-11-1-4-14(13(17)9-11)18-15(20)10-5-7-19(8-6-10)12-2-3-12/h1,4,9-10,12H,2-3,5-8H2,(H,18,20). The molecule has 0 unspecified atom stereocenters. The van der Waals surface area contributed by atoms with Crippen LogP contribution in [0.5, 0.6) is 0 Å². The fraction of sp³-hybridized carbons (Fsp3) is 0.533. The van der Waals surface area contributed by atoms with Gasteiger partial charge in [0.05, 0.1) is 5.69 Å². The van der Waals surface area contributed by atoms with Crippen molar-refractivity contribution in [2.45, 2.75) is 31.7 Å². The van der Waals surface area contributed by atoms with Crippen molar-refractivity contribution in [1.29, 1.82) is 0 Å². The molecule has 0 spiro atoms. The van der Waals surface area contributed by atoms with Crippen molar-refractivity contribution in [3.05, 3.63) is 29.8 Å². The minimum atomic E-state index is -0.728. The number of carbonyl (C=O) groups excluding carboxylic acids is 1. The lowest BCUT2D eigenvalue weighted by Crippen LogP contribution is -2.39. The number of nitrogens with one attached hydrogen (secondary N) is 1. The van der Waals surface area contributed by atoms with E-state index in [1.807, 2.05) is 0 Å². The van der Waals surface area contributed by atoms with Crippen LogP contribution >= 0.6 is 0 Å². The number of likely N-dealkylation sites (tertiary alicyclic amines) is 1. The Hall–Kier alpha value is -1.49. The summed E-state index contributed by atoms with van der Waals surface area (Å²) in [7, 11) is 0. The van der Waals surface area contributed by atoms with Crippen LogP contribution in [0.3, 0.4) is 0 Å². The summed E-state index contributed by atoms with van der Waals surface area (Å²) in [4.78, 5) is 14.5. The monoisotopic (exact) mass is 280 g/mol. The number of amides is 1. The fourth-order valence-corrected chi connectivity index (χ4v) is 2.79. The lowest BCUT2D eigenvalue weighted by molar-refractivity contribution is -0.121. The zero-order valence-electron chi connectivity index (χ0n) is 11.2. The molecule has 1 saturated heterocycles. The van der Waals surface area contributed by atoms with E-state index >= 15 is 0 Å². The minimum Gasteiger partial charge on any atom is -0.323 e. The van der Waals surface area contributed by atoms with Crippen LogP contribution in [-0.4, -0.2) is 29.9 Å². The number of halogens is 2. The van der Waals surface area contributed by atoms with Gasteiger partial charge in [-0.1, -0.05) is 0 Å². The van der Waals surface area contributed by atoms with Gasteiger partial charge >= 0.3 is 0 Å². The number of hydrogen-bond acceptors (Lipinski definition) is 2. The van der Waals surface area contributed by atoms with Crippen molar-refractivity contribution < 1.29 is 13.6 Å². The van der Waals surface area contributed by atoms with Gasteiger partial charge in [0, 0.05) is 18.0 Å². The third-order valence-electron chi connectivity index (χ3n) is 4.15. The summed E-state index contributed by atoms with van der Waals surface area (Å²) in [6.07, 6.45) is 4.17. The molecule has 108 valence electrons. The SMILES string of the molecule is O=C(Nc1ccc(F)cc1F)C1CCN(C2CC2)CC1. The predicted molar refractivity (Wildman–Crippen MR) is 72.3 cm³/mol. The Morgan fingerprint density at radius 1 is 1.15 bits per heavy atom. The molecular formula is C15H18F2N2O. The molecule has 1 amide bonds. The van der Waals surface area contributed by atoms with Gasteiger partial charge in [-0.2, -0.15) is 0 Å². The Labute approximate surface area is 117 Å². The van der Waals surface area contributed by atoms with E-state index in [1.54, 1.807) is 0 Å². The van der Waals surface area contributed by atoms with Crippen molar-refractivity contribution in [3.8, 4) is 0 Å². The Morgan fingerprint density at radius 2 is 1.85 bits per heavy atom. The molecule has 3 nitrogen and oxygen atoms in total. The lowest BCUT2D eigenvalue weighted by atomic mass is 9.95. The molecule has 0 radical (unpaired) electrons. The van der Waals surface area contributed by atoms with Crippen LogP contribution in [0.15, 0.2) is 18.2 Å². The van der Waals surface area contributed by atoms with Gasteiger partial charge in [0.1, 0.15) is 11.6 Å². The van der Waals surface area contributed by atoms with Crippen LogP contribution in [-0.2, 0) is 4.79 Å². The van der Waals surface area contributed by atoms with Gasteiger partial charge in [-0.3, -0.25) is 4.79 Å². The van der Waals surface area contributed by atoms with Crippen LogP contribution in [0.4, 0.5) is 14.5 Å². The van der Waals surface area contributed by atoms with Gasteiger partial charge in [0.2, 0.25) is 5.91 Å². The minimum absolute atomic E-state index is 0.0565. The van der Waals surface area contributed by atoms with E-state index < -0.39 is 11.6 Å². The molecule has 1 aliphatic carbocycles. The van der Waals surface area contributed by atoms with Gasteiger partial charge in [-0.25, -0.2) is 8.78 Å². The van der Waals surface area contributed by atoms with Crippen molar-refractivity contribution in [1.82, 2.24) is 4.90 Å². The van der Waals surface area contributed by atoms with E-state index in [0.29, 0.717) is 0 Å². The smallest absolute Gasteiger partial charge is 0.227 e. The third-order valence-corrected chi connectivity index (χ3v) is 4.15. The molecular weight excluding hydrogens is 262 g/mol. The zero-order valence-corrected chi connectivity index (χ0v) is 11.2.